The van der Waals surface area contributed by atoms with E-state index in [2.05, 4.69) is 16.0 Å². The number of epoxide rings is 1. The topological polar surface area (TPSA) is 129 Å². The molecule has 40 heavy (non-hydrogen) atoms. The van der Waals surface area contributed by atoms with Crippen molar-refractivity contribution in [3.8, 4) is 0 Å². The van der Waals surface area contributed by atoms with Crippen molar-refractivity contribution >= 4 is 23.5 Å². The van der Waals surface area contributed by atoms with Gasteiger partial charge in [-0.05, 0) is 38.2 Å². The van der Waals surface area contributed by atoms with Gasteiger partial charge >= 0.3 is 0 Å². The first-order valence-electron chi connectivity index (χ1n) is 14.7. The largest absolute Gasteiger partial charge is 0.379 e. The van der Waals surface area contributed by atoms with Gasteiger partial charge < -0.3 is 25.4 Å². The summed E-state index contributed by atoms with van der Waals surface area (Å²) in [5.41, 5.74) is 0.0311. The van der Waals surface area contributed by atoms with Crippen molar-refractivity contribution in [2.75, 3.05) is 39.5 Å². The molecule has 0 aromatic heterocycles. The summed E-state index contributed by atoms with van der Waals surface area (Å²) in [6, 6.07) is 7.14. The average molecular weight is 563 g/mol. The van der Waals surface area contributed by atoms with E-state index in [1.54, 1.807) is 13.8 Å². The molecule has 1 aromatic carbocycles. The molecular weight excluding hydrogens is 512 g/mol. The van der Waals surface area contributed by atoms with Gasteiger partial charge in [-0.3, -0.25) is 24.1 Å². The fraction of sp³-hybridized carbons (Fsp3) is 0.667. The van der Waals surface area contributed by atoms with Gasteiger partial charge in [0, 0.05) is 17.4 Å². The minimum atomic E-state index is -0.895. The molecule has 3 fully saturated rings. The Balaban J connectivity index is 0.00000308. The van der Waals surface area contributed by atoms with Gasteiger partial charge in [0.15, 0.2) is 5.78 Å². The van der Waals surface area contributed by atoms with Gasteiger partial charge in [-0.2, -0.15) is 0 Å². The first-order chi connectivity index (χ1) is 19.2. The Kier molecular flexibility index (Phi) is 10.7. The number of hydrogen-bond donors (Lipinski definition) is 3. The van der Waals surface area contributed by atoms with Crippen LogP contribution < -0.4 is 16.0 Å². The minimum Gasteiger partial charge on any atom is -0.379 e. The monoisotopic (exact) mass is 562 g/mol. The number of rotatable bonds is 13. The molecule has 3 amide bonds. The summed E-state index contributed by atoms with van der Waals surface area (Å²) in [6.45, 7) is 6.39. The van der Waals surface area contributed by atoms with Crippen molar-refractivity contribution < 1.29 is 32.9 Å². The number of ketones is 1. The van der Waals surface area contributed by atoms with E-state index in [0.717, 1.165) is 31.2 Å². The molecule has 10 heteroatoms. The third-order valence-electron chi connectivity index (χ3n) is 8.18. The number of nitrogens with zero attached hydrogens (tertiary/aromatic N) is 1. The van der Waals surface area contributed by atoms with Crippen LogP contribution in [0.5, 0.6) is 0 Å². The summed E-state index contributed by atoms with van der Waals surface area (Å²) < 4.78 is 10.7. The number of ether oxygens (including phenoxy) is 2. The smallest absolute Gasteiger partial charge is 0.243 e. The van der Waals surface area contributed by atoms with E-state index in [4.69, 9.17) is 9.47 Å². The van der Waals surface area contributed by atoms with Crippen molar-refractivity contribution in [1.82, 2.24) is 20.9 Å². The van der Waals surface area contributed by atoms with Gasteiger partial charge in [-0.25, -0.2) is 0 Å². The fourth-order valence-electron chi connectivity index (χ4n) is 5.55. The summed E-state index contributed by atoms with van der Waals surface area (Å²) >= 11 is 0. The van der Waals surface area contributed by atoms with Crippen LogP contribution in [0.1, 0.15) is 62.2 Å². The summed E-state index contributed by atoms with van der Waals surface area (Å²) in [6.07, 6.45) is 6.22. The molecule has 10 nitrogen and oxygen atoms in total. The van der Waals surface area contributed by atoms with Gasteiger partial charge in [0.25, 0.3) is 0 Å². The lowest BCUT2D eigenvalue weighted by Crippen LogP contribution is -2.57. The van der Waals surface area contributed by atoms with E-state index in [1.165, 1.54) is 6.42 Å². The zero-order valence-corrected chi connectivity index (χ0v) is 23.8. The third kappa shape index (κ3) is 8.84. The molecule has 0 radical (unpaired) electrons. The van der Waals surface area contributed by atoms with E-state index in [-0.39, 0.29) is 28.4 Å². The van der Waals surface area contributed by atoms with Crippen LogP contribution in [0, 0.1) is 5.92 Å². The summed E-state index contributed by atoms with van der Waals surface area (Å²) in [5.74, 6) is -0.914. The Hall–Kier alpha value is -2.82. The van der Waals surface area contributed by atoms with Crippen molar-refractivity contribution in [3.05, 3.63) is 35.9 Å². The number of benzene rings is 1. The van der Waals surface area contributed by atoms with E-state index >= 15 is 0 Å². The number of Topliss-reactive ketones (excluding diaryl/α,β-unsaturated/α-hetero) is 1. The molecule has 2 aliphatic heterocycles. The highest BCUT2D eigenvalue weighted by Crippen LogP contribution is 2.30. The van der Waals surface area contributed by atoms with Crippen LogP contribution in [-0.4, -0.2) is 91.6 Å². The first kappa shape index (κ1) is 30.1. The maximum Gasteiger partial charge on any atom is 0.243 e. The van der Waals surface area contributed by atoms with Crippen molar-refractivity contribution in [1.29, 1.82) is 0 Å². The second-order valence-corrected chi connectivity index (χ2v) is 11.6. The molecule has 0 spiro atoms. The predicted octanol–water partition coefficient (Wildman–Crippen LogP) is 2.10. The Morgan fingerprint density at radius 2 is 1.62 bits per heavy atom. The van der Waals surface area contributed by atoms with Crippen LogP contribution in [-0.2, 0) is 35.1 Å². The highest BCUT2D eigenvalue weighted by molar-refractivity contribution is 5.98. The summed E-state index contributed by atoms with van der Waals surface area (Å²) in [4.78, 5) is 54.7. The van der Waals surface area contributed by atoms with Gasteiger partial charge in [0.05, 0.1) is 32.4 Å². The molecule has 1 aromatic rings. The van der Waals surface area contributed by atoms with Crippen LogP contribution in [0.15, 0.2) is 30.3 Å². The first-order valence-corrected chi connectivity index (χ1v) is 14.7. The van der Waals surface area contributed by atoms with Gasteiger partial charge in [0.1, 0.15) is 17.7 Å². The lowest BCUT2D eigenvalue weighted by molar-refractivity contribution is -0.134. The molecule has 0 bridgehead atoms. The minimum absolute atomic E-state index is 0. The van der Waals surface area contributed by atoms with E-state index in [1.807, 2.05) is 35.2 Å². The Labute approximate surface area is 241 Å². The van der Waals surface area contributed by atoms with Gasteiger partial charge in [-0.1, -0.05) is 62.4 Å². The molecule has 3 N–H and O–H groups in total. The second-order valence-electron chi connectivity index (χ2n) is 11.6. The summed E-state index contributed by atoms with van der Waals surface area (Å²) in [7, 11) is 0. The average Bonchev–Trinajstić information content (AvgIpc) is 3.71. The van der Waals surface area contributed by atoms with Crippen molar-refractivity contribution in [2.45, 2.75) is 82.5 Å². The number of hydrogen-bond acceptors (Lipinski definition) is 7. The zero-order chi connectivity index (χ0) is 28.5. The molecule has 2 heterocycles. The van der Waals surface area contributed by atoms with E-state index in [9.17, 15) is 19.2 Å². The Morgan fingerprint density at radius 3 is 2.27 bits per heavy atom. The fourth-order valence-corrected chi connectivity index (χ4v) is 5.55. The SMILES string of the molecule is C[C@H](NC(=O)CN1CCOCC1)C(=O)N[C@@H](CC1CCCCC1)C(=O)N[C@@H](Cc1ccccc1)C(=O)[C@@]1(C)CO1.[HH].[HH].[HH]. The van der Waals surface area contributed by atoms with Crippen molar-refractivity contribution in [2.24, 2.45) is 5.92 Å². The molecule has 1 saturated carbocycles. The van der Waals surface area contributed by atoms with Crippen molar-refractivity contribution in [3.63, 3.8) is 0 Å². The molecule has 1 aliphatic carbocycles. The standard InChI is InChI=1S/C30H44N4O6.3H2/c1-21(31-26(35)19-34-13-15-39-16-14-34)28(37)33-25(18-23-11-7-4-8-12-23)29(38)32-24(27(36)30(2)20-40-30)17-22-9-5-3-6-10-22;;;/h3,5-6,9-10,21,23-25H,4,7-8,11-20H2,1-2H3,(H,31,35)(H,32,38)(H,33,37);3*1H/t21-,24-,25-,30+;;;/m0.../s1. The van der Waals surface area contributed by atoms with E-state index < -0.39 is 29.6 Å². The van der Waals surface area contributed by atoms with Gasteiger partial charge in [0.2, 0.25) is 17.7 Å². The maximum atomic E-state index is 13.7. The Bertz CT molecular complexity index is 1030. The lowest BCUT2D eigenvalue weighted by atomic mass is 9.84. The zero-order valence-electron chi connectivity index (χ0n) is 23.8. The van der Waals surface area contributed by atoms with Crippen LogP contribution in [0.2, 0.25) is 0 Å². The normalized spacial score (nSPS) is 23.9. The predicted molar refractivity (Wildman–Crippen MR) is 156 cm³/mol. The van der Waals surface area contributed by atoms with Crippen LogP contribution in [0.4, 0.5) is 0 Å². The summed E-state index contributed by atoms with van der Waals surface area (Å²) in [5, 5.41) is 8.60. The van der Waals surface area contributed by atoms with Crippen LogP contribution in [0.3, 0.4) is 0 Å². The molecule has 3 aliphatic rings. The molecule has 2 saturated heterocycles. The third-order valence-corrected chi connectivity index (χ3v) is 8.18. The number of carbonyl (C=O) groups is 4. The molecular formula is C30H50N4O6. The highest BCUT2D eigenvalue weighted by Gasteiger charge is 2.50. The van der Waals surface area contributed by atoms with Crippen LogP contribution in [0.25, 0.3) is 0 Å². The quantitative estimate of drug-likeness (QED) is 0.314. The molecule has 226 valence electrons. The van der Waals surface area contributed by atoms with Gasteiger partial charge in [-0.15, -0.1) is 0 Å². The lowest BCUT2D eigenvalue weighted by Gasteiger charge is -2.29. The molecule has 4 atom stereocenters. The number of amides is 3. The maximum absolute atomic E-state index is 13.7. The highest BCUT2D eigenvalue weighted by atomic mass is 16.6. The molecule has 0 unspecified atom stereocenters. The molecule has 4 rings (SSSR count). The number of nitrogens with one attached hydrogen (secondary N) is 3. The van der Waals surface area contributed by atoms with E-state index in [0.29, 0.717) is 51.7 Å². The van der Waals surface area contributed by atoms with Crippen LogP contribution >= 0.6 is 0 Å². The number of carbonyl (C=O) groups excluding carboxylic acids is 4. The Morgan fingerprint density at radius 1 is 0.975 bits per heavy atom. The second kappa shape index (κ2) is 14.2. The number of morpholine rings is 1.